The molecule has 12 heavy (non-hydrogen) atoms. The Labute approximate surface area is 73.9 Å². The van der Waals surface area contributed by atoms with Crippen LogP contribution in [0.3, 0.4) is 0 Å². The molecule has 0 aromatic heterocycles. The zero-order chi connectivity index (χ0) is 8.81. The molecule has 0 aromatic rings. The second-order valence-corrected chi connectivity index (χ2v) is 3.14. The predicted octanol–water partition coefficient (Wildman–Crippen LogP) is 2.33. The third-order valence-electron chi connectivity index (χ3n) is 2.17. The summed E-state index contributed by atoms with van der Waals surface area (Å²) in [7, 11) is 0. The third-order valence-corrected chi connectivity index (χ3v) is 2.17. The van der Waals surface area contributed by atoms with Crippen LogP contribution in [0.5, 0.6) is 0 Å². The Hall–Kier alpha value is -1.03. The average Bonchev–Trinajstić information content (AvgIpc) is 2.53. The Morgan fingerprint density at radius 2 is 2.08 bits per heavy atom. The number of carbonyl (C=O) groups is 1. The first-order valence-electron chi connectivity index (χ1n) is 4.48. The molecule has 1 aliphatic carbocycles. The van der Waals surface area contributed by atoms with Crippen LogP contribution in [0, 0.1) is 17.8 Å². The van der Waals surface area contributed by atoms with Crippen LogP contribution in [0.25, 0.3) is 0 Å². The fraction of sp³-hybridized carbons (Fsp3) is 0.545. The minimum absolute atomic E-state index is 0.0654. The Morgan fingerprint density at radius 1 is 1.42 bits per heavy atom. The van der Waals surface area contributed by atoms with E-state index in [-0.39, 0.29) is 5.78 Å². The summed E-state index contributed by atoms with van der Waals surface area (Å²) in [6.07, 6.45) is 8.73. The Bertz CT molecular complexity index is 233. The molecule has 0 heterocycles. The van der Waals surface area contributed by atoms with Crippen LogP contribution in [0.4, 0.5) is 0 Å². The molecular weight excluding hydrogens is 148 g/mol. The number of allylic oxidation sites excluding steroid dienone is 2. The van der Waals surface area contributed by atoms with E-state index in [4.69, 9.17) is 0 Å². The molecule has 0 aliphatic heterocycles. The molecule has 0 N–H and O–H groups in total. The monoisotopic (exact) mass is 162 g/mol. The van der Waals surface area contributed by atoms with Gasteiger partial charge < -0.3 is 0 Å². The number of rotatable bonds is 2. The second-order valence-electron chi connectivity index (χ2n) is 3.14. The average molecular weight is 162 g/mol. The highest BCUT2D eigenvalue weighted by atomic mass is 16.1. The number of hydrogen-bond acceptors (Lipinski definition) is 1. The summed E-state index contributed by atoms with van der Waals surface area (Å²) < 4.78 is 0. The maximum atomic E-state index is 10.9. The van der Waals surface area contributed by atoms with E-state index >= 15 is 0 Å². The van der Waals surface area contributed by atoms with Crippen LogP contribution < -0.4 is 0 Å². The molecule has 1 fully saturated rings. The van der Waals surface area contributed by atoms with Gasteiger partial charge in [-0.3, -0.25) is 4.79 Å². The van der Waals surface area contributed by atoms with Gasteiger partial charge in [-0.15, -0.1) is 0 Å². The van der Waals surface area contributed by atoms with Crippen molar-refractivity contribution < 1.29 is 4.79 Å². The van der Waals surface area contributed by atoms with E-state index < -0.39 is 0 Å². The molecule has 0 atom stereocenters. The summed E-state index contributed by atoms with van der Waals surface area (Å²) in [6.45, 7) is 1.68. The molecule has 0 bridgehead atoms. The van der Waals surface area contributed by atoms with Crippen molar-refractivity contribution >= 4 is 5.78 Å². The molecule has 0 radical (unpaired) electrons. The maximum absolute atomic E-state index is 10.9. The second kappa shape index (κ2) is 4.77. The molecule has 1 aliphatic rings. The molecule has 1 nitrogen and oxygen atoms in total. The van der Waals surface area contributed by atoms with Crippen LogP contribution in [-0.4, -0.2) is 5.78 Å². The summed E-state index contributed by atoms with van der Waals surface area (Å²) in [5, 5.41) is 0. The lowest BCUT2D eigenvalue weighted by molar-refractivity contribution is -0.109. The van der Waals surface area contributed by atoms with Gasteiger partial charge in [0.2, 0.25) is 5.78 Å². The van der Waals surface area contributed by atoms with Crippen LogP contribution in [0.2, 0.25) is 0 Å². The first-order chi connectivity index (χ1) is 5.83. The molecular formula is C11H14O. The normalized spacial score (nSPS) is 17.8. The molecule has 1 saturated carbocycles. The predicted molar refractivity (Wildman–Crippen MR) is 49.6 cm³/mol. The molecule has 0 aromatic carbocycles. The van der Waals surface area contributed by atoms with Crippen molar-refractivity contribution in [2.45, 2.75) is 32.6 Å². The molecule has 1 rings (SSSR count). The minimum Gasteiger partial charge on any atom is -0.280 e. The molecule has 64 valence electrons. The van der Waals surface area contributed by atoms with Gasteiger partial charge in [0.1, 0.15) is 0 Å². The lowest BCUT2D eigenvalue weighted by atomic mass is 10.1. The summed E-state index contributed by atoms with van der Waals surface area (Å²) >= 11 is 0. The van der Waals surface area contributed by atoms with Gasteiger partial charge in [-0.05, 0) is 37.7 Å². The molecule has 0 amide bonds. The summed E-state index contributed by atoms with van der Waals surface area (Å²) in [4.78, 5) is 10.9. The first-order valence-corrected chi connectivity index (χ1v) is 4.48. The van der Waals surface area contributed by atoms with Gasteiger partial charge in [0.05, 0.1) is 0 Å². The van der Waals surface area contributed by atoms with Gasteiger partial charge in [-0.25, -0.2) is 0 Å². The van der Waals surface area contributed by atoms with Crippen molar-refractivity contribution in [2.75, 3.05) is 0 Å². The van der Waals surface area contributed by atoms with E-state index in [0.29, 0.717) is 5.92 Å². The van der Waals surface area contributed by atoms with E-state index in [0.717, 1.165) is 0 Å². The maximum Gasteiger partial charge on any atom is 0.228 e. The van der Waals surface area contributed by atoms with Gasteiger partial charge in [-0.1, -0.05) is 24.8 Å². The van der Waals surface area contributed by atoms with Crippen molar-refractivity contribution in [3.05, 3.63) is 12.2 Å². The van der Waals surface area contributed by atoms with Gasteiger partial charge in [-0.2, -0.15) is 0 Å². The Morgan fingerprint density at radius 3 is 2.67 bits per heavy atom. The summed E-state index contributed by atoms with van der Waals surface area (Å²) in [5.41, 5.74) is 0. The van der Waals surface area contributed by atoms with Crippen molar-refractivity contribution in [3.8, 4) is 11.8 Å². The van der Waals surface area contributed by atoms with E-state index in [2.05, 4.69) is 11.8 Å². The molecule has 0 spiro atoms. The first kappa shape index (κ1) is 9.06. The zero-order valence-electron chi connectivity index (χ0n) is 7.47. The van der Waals surface area contributed by atoms with Crippen molar-refractivity contribution in [1.82, 2.24) is 0 Å². The van der Waals surface area contributed by atoms with Gasteiger partial charge in [0, 0.05) is 0 Å². The van der Waals surface area contributed by atoms with Crippen LogP contribution >= 0.6 is 0 Å². The lowest BCUT2D eigenvalue weighted by Gasteiger charge is -1.97. The van der Waals surface area contributed by atoms with Crippen molar-refractivity contribution in [1.29, 1.82) is 0 Å². The molecule has 0 saturated heterocycles. The fourth-order valence-corrected chi connectivity index (χ4v) is 1.54. The SMILES string of the molecule is CC#CC(=O)/C=C\C1CCCC1. The third kappa shape index (κ3) is 2.92. The zero-order valence-corrected chi connectivity index (χ0v) is 7.47. The molecule has 0 unspecified atom stereocenters. The largest absolute Gasteiger partial charge is 0.280 e. The molecule has 1 heteroatoms. The number of ketones is 1. The van der Waals surface area contributed by atoms with Gasteiger partial charge in [0.15, 0.2) is 0 Å². The fourth-order valence-electron chi connectivity index (χ4n) is 1.54. The highest BCUT2D eigenvalue weighted by molar-refractivity contribution is 6.04. The standard InChI is InChI=1S/C11H14O/c1-2-5-11(12)9-8-10-6-3-4-7-10/h8-10H,3-4,6-7H2,1H3/b9-8-. The smallest absolute Gasteiger partial charge is 0.228 e. The van der Waals surface area contributed by atoms with E-state index in [1.165, 1.54) is 25.7 Å². The van der Waals surface area contributed by atoms with Gasteiger partial charge in [0.25, 0.3) is 0 Å². The number of hydrogen-bond donors (Lipinski definition) is 0. The lowest BCUT2D eigenvalue weighted by Crippen LogP contribution is -1.90. The van der Waals surface area contributed by atoms with E-state index in [1.807, 2.05) is 6.08 Å². The van der Waals surface area contributed by atoms with Crippen LogP contribution in [0.15, 0.2) is 12.2 Å². The highest BCUT2D eigenvalue weighted by Gasteiger charge is 2.11. The van der Waals surface area contributed by atoms with Gasteiger partial charge >= 0.3 is 0 Å². The Kier molecular flexibility index (Phi) is 3.60. The van der Waals surface area contributed by atoms with Crippen LogP contribution in [0.1, 0.15) is 32.6 Å². The Balaban J connectivity index is 2.36. The van der Waals surface area contributed by atoms with Crippen molar-refractivity contribution in [2.24, 2.45) is 5.92 Å². The topological polar surface area (TPSA) is 17.1 Å². The van der Waals surface area contributed by atoms with E-state index in [1.54, 1.807) is 13.0 Å². The summed E-state index contributed by atoms with van der Waals surface area (Å²) in [6, 6.07) is 0. The van der Waals surface area contributed by atoms with Crippen LogP contribution in [-0.2, 0) is 4.79 Å². The minimum atomic E-state index is -0.0654. The highest BCUT2D eigenvalue weighted by Crippen LogP contribution is 2.25. The quantitative estimate of drug-likeness (QED) is 0.346. The van der Waals surface area contributed by atoms with E-state index in [9.17, 15) is 4.79 Å². The van der Waals surface area contributed by atoms with Crippen molar-refractivity contribution in [3.63, 3.8) is 0 Å². The summed E-state index contributed by atoms with van der Waals surface area (Å²) in [5.74, 6) is 5.65. The number of carbonyl (C=O) groups excluding carboxylic acids is 1.